The van der Waals surface area contributed by atoms with Crippen LogP contribution in [0.15, 0.2) is 23.0 Å². The number of imidazole rings is 1. The van der Waals surface area contributed by atoms with Crippen molar-refractivity contribution >= 4 is 17.0 Å². The molecular formula is C13H16N2O4. The molecule has 6 nitrogen and oxygen atoms in total. The zero-order valence-corrected chi connectivity index (χ0v) is 11.1. The van der Waals surface area contributed by atoms with Gasteiger partial charge in [0.05, 0.1) is 28.7 Å². The molecule has 0 saturated carbocycles. The first-order valence-electron chi connectivity index (χ1n) is 5.85. The van der Waals surface area contributed by atoms with E-state index >= 15 is 0 Å². The number of aromatic amines is 1. The summed E-state index contributed by atoms with van der Waals surface area (Å²) in [5, 5.41) is 8.93. The summed E-state index contributed by atoms with van der Waals surface area (Å²) < 4.78 is 6.86. The van der Waals surface area contributed by atoms with E-state index in [1.165, 1.54) is 12.1 Å². The van der Waals surface area contributed by atoms with E-state index in [0.717, 1.165) is 0 Å². The first kappa shape index (κ1) is 13.4. The molecule has 0 radical (unpaired) electrons. The van der Waals surface area contributed by atoms with Crippen molar-refractivity contribution in [3.05, 3.63) is 34.2 Å². The Kier molecular flexibility index (Phi) is 3.20. The highest BCUT2D eigenvalue weighted by atomic mass is 16.5. The number of methoxy groups -OCH3 is 1. The van der Waals surface area contributed by atoms with Crippen LogP contribution in [-0.4, -0.2) is 33.3 Å². The predicted molar refractivity (Wildman–Crippen MR) is 70.6 cm³/mol. The average molecular weight is 264 g/mol. The molecule has 6 heteroatoms. The first-order valence-corrected chi connectivity index (χ1v) is 5.85. The number of aromatic nitrogens is 2. The lowest BCUT2D eigenvalue weighted by molar-refractivity contribution is 0.00835. The Morgan fingerprint density at radius 2 is 2.16 bits per heavy atom. The minimum Gasteiger partial charge on any atom is -0.478 e. The fourth-order valence-electron chi connectivity index (χ4n) is 1.90. The van der Waals surface area contributed by atoms with E-state index in [9.17, 15) is 9.59 Å². The Morgan fingerprint density at radius 3 is 2.74 bits per heavy atom. The molecule has 0 aliphatic rings. The summed E-state index contributed by atoms with van der Waals surface area (Å²) in [5.74, 6) is -1.02. The van der Waals surface area contributed by atoms with E-state index in [1.54, 1.807) is 17.7 Å². The van der Waals surface area contributed by atoms with Crippen LogP contribution in [0.1, 0.15) is 24.2 Å². The van der Waals surface area contributed by atoms with E-state index in [0.29, 0.717) is 17.6 Å². The van der Waals surface area contributed by atoms with Crippen LogP contribution in [0, 0.1) is 0 Å². The molecule has 0 aliphatic heterocycles. The summed E-state index contributed by atoms with van der Waals surface area (Å²) in [6.45, 7) is 4.14. The molecule has 19 heavy (non-hydrogen) atoms. The topological polar surface area (TPSA) is 84.3 Å². The lowest BCUT2D eigenvalue weighted by Crippen LogP contribution is -2.33. The third kappa shape index (κ3) is 2.53. The molecule has 2 aromatic rings. The van der Waals surface area contributed by atoms with Gasteiger partial charge >= 0.3 is 11.7 Å². The van der Waals surface area contributed by atoms with E-state index in [-0.39, 0.29) is 11.3 Å². The van der Waals surface area contributed by atoms with Gasteiger partial charge in [0.15, 0.2) is 0 Å². The van der Waals surface area contributed by atoms with Crippen molar-refractivity contribution in [2.45, 2.75) is 26.0 Å². The highest BCUT2D eigenvalue weighted by Crippen LogP contribution is 2.17. The second-order valence-corrected chi connectivity index (χ2v) is 5.02. The monoisotopic (exact) mass is 264 g/mol. The van der Waals surface area contributed by atoms with Gasteiger partial charge in [-0.05, 0) is 32.0 Å². The van der Waals surface area contributed by atoms with Gasteiger partial charge in [-0.2, -0.15) is 0 Å². The standard InChI is InChI=1S/C13H16N2O4/c1-13(2,19-3)7-15-10-5-4-8(11(16)17)6-9(10)14-12(15)18/h4-6H,7H2,1-3H3,(H,14,18)(H,16,17). The molecule has 1 aromatic carbocycles. The normalized spacial score (nSPS) is 11.9. The van der Waals surface area contributed by atoms with Gasteiger partial charge in [-0.1, -0.05) is 0 Å². The maximum atomic E-state index is 11.9. The molecule has 102 valence electrons. The molecule has 1 heterocycles. The SMILES string of the molecule is COC(C)(C)Cn1c(=O)[nH]c2cc(C(=O)O)ccc21. The molecule has 0 aliphatic carbocycles. The third-order valence-corrected chi connectivity index (χ3v) is 3.11. The molecule has 0 fully saturated rings. The molecule has 2 rings (SSSR count). The Balaban J connectivity index is 2.54. The maximum absolute atomic E-state index is 11.9. The first-order chi connectivity index (χ1) is 8.84. The Labute approximate surface area is 109 Å². The molecule has 0 atom stereocenters. The maximum Gasteiger partial charge on any atom is 0.335 e. The molecule has 0 amide bonds. The van der Waals surface area contributed by atoms with E-state index in [4.69, 9.17) is 9.84 Å². The Bertz CT molecular complexity index is 681. The smallest absolute Gasteiger partial charge is 0.335 e. The number of carboxylic acid groups (broad SMARTS) is 1. The van der Waals surface area contributed by atoms with Gasteiger partial charge in [0, 0.05) is 7.11 Å². The van der Waals surface area contributed by atoms with E-state index < -0.39 is 11.6 Å². The van der Waals surface area contributed by atoms with Crippen molar-refractivity contribution < 1.29 is 14.6 Å². The summed E-state index contributed by atoms with van der Waals surface area (Å²) in [4.78, 5) is 25.5. The highest BCUT2D eigenvalue weighted by molar-refractivity contribution is 5.92. The number of hydrogen-bond donors (Lipinski definition) is 2. The number of nitrogens with zero attached hydrogens (tertiary/aromatic N) is 1. The largest absolute Gasteiger partial charge is 0.478 e. The number of carbonyl (C=O) groups is 1. The number of nitrogens with one attached hydrogen (secondary N) is 1. The van der Waals surface area contributed by atoms with Crippen LogP contribution in [0.3, 0.4) is 0 Å². The zero-order chi connectivity index (χ0) is 14.2. The van der Waals surface area contributed by atoms with Crippen LogP contribution < -0.4 is 5.69 Å². The molecule has 0 unspecified atom stereocenters. The van der Waals surface area contributed by atoms with Crippen molar-refractivity contribution in [3.8, 4) is 0 Å². The molecule has 0 bridgehead atoms. The zero-order valence-electron chi connectivity index (χ0n) is 11.1. The number of benzene rings is 1. The van der Waals surface area contributed by atoms with Crippen molar-refractivity contribution in [1.82, 2.24) is 9.55 Å². The van der Waals surface area contributed by atoms with Crippen LogP contribution in [0.2, 0.25) is 0 Å². The van der Waals surface area contributed by atoms with Gasteiger partial charge in [-0.25, -0.2) is 9.59 Å². The molecule has 0 spiro atoms. The predicted octanol–water partition coefficient (Wildman–Crippen LogP) is 1.45. The second-order valence-electron chi connectivity index (χ2n) is 5.02. The molecule has 2 N–H and O–H groups in total. The third-order valence-electron chi connectivity index (χ3n) is 3.11. The number of aromatic carboxylic acids is 1. The summed E-state index contributed by atoms with van der Waals surface area (Å²) >= 11 is 0. The van der Waals surface area contributed by atoms with E-state index in [2.05, 4.69) is 4.98 Å². The molecule has 0 saturated heterocycles. The number of rotatable bonds is 4. The van der Waals surface area contributed by atoms with Gasteiger partial charge in [-0.3, -0.25) is 4.57 Å². The van der Waals surface area contributed by atoms with E-state index in [1.807, 2.05) is 13.8 Å². The minimum atomic E-state index is -1.02. The molecule has 1 aromatic heterocycles. The fourth-order valence-corrected chi connectivity index (χ4v) is 1.90. The Morgan fingerprint density at radius 1 is 1.47 bits per heavy atom. The van der Waals surface area contributed by atoms with Gasteiger partial charge in [-0.15, -0.1) is 0 Å². The number of ether oxygens (including phenoxy) is 1. The summed E-state index contributed by atoms with van der Waals surface area (Å²) in [5.41, 5.74) is 0.566. The average Bonchev–Trinajstić information content (AvgIpc) is 2.65. The lowest BCUT2D eigenvalue weighted by atomic mass is 10.1. The molecular weight excluding hydrogens is 248 g/mol. The summed E-state index contributed by atoms with van der Waals surface area (Å²) in [6, 6.07) is 4.56. The number of hydrogen-bond acceptors (Lipinski definition) is 3. The van der Waals surface area contributed by atoms with Crippen molar-refractivity contribution in [1.29, 1.82) is 0 Å². The highest BCUT2D eigenvalue weighted by Gasteiger charge is 2.20. The summed E-state index contributed by atoms with van der Waals surface area (Å²) in [7, 11) is 1.59. The van der Waals surface area contributed by atoms with Crippen molar-refractivity contribution in [3.63, 3.8) is 0 Å². The van der Waals surface area contributed by atoms with Gasteiger partial charge < -0.3 is 14.8 Å². The van der Waals surface area contributed by atoms with Gasteiger partial charge in [0.2, 0.25) is 0 Å². The van der Waals surface area contributed by atoms with Gasteiger partial charge in [0.1, 0.15) is 0 Å². The lowest BCUT2D eigenvalue weighted by Gasteiger charge is -2.23. The quantitative estimate of drug-likeness (QED) is 0.875. The number of H-pyrrole nitrogens is 1. The van der Waals surface area contributed by atoms with Gasteiger partial charge in [0.25, 0.3) is 0 Å². The van der Waals surface area contributed by atoms with Crippen molar-refractivity contribution in [2.75, 3.05) is 7.11 Å². The van der Waals surface area contributed by atoms with Crippen LogP contribution in [-0.2, 0) is 11.3 Å². The number of fused-ring (bicyclic) bond motifs is 1. The number of carboxylic acids is 1. The Hall–Kier alpha value is -2.08. The van der Waals surface area contributed by atoms with Crippen LogP contribution in [0.25, 0.3) is 11.0 Å². The summed E-state index contributed by atoms with van der Waals surface area (Å²) in [6.07, 6.45) is 0. The van der Waals surface area contributed by atoms with Crippen LogP contribution >= 0.6 is 0 Å². The van der Waals surface area contributed by atoms with Crippen LogP contribution in [0.4, 0.5) is 0 Å². The second kappa shape index (κ2) is 4.55. The fraction of sp³-hybridized carbons (Fsp3) is 0.385. The minimum absolute atomic E-state index is 0.145. The van der Waals surface area contributed by atoms with Crippen molar-refractivity contribution in [2.24, 2.45) is 0 Å². The van der Waals surface area contributed by atoms with Crippen LogP contribution in [0.5, 0.6) is 0 Å².